The van der Waals surface area contributed by atoms with Crippen molar-refractivity contribution in [3.63, 3.8) is 0 Å². The van der Waals surface area contributed by atoms with Crippen LogP contribution in [0.15, 0.2) is 114 Å². The van der Waals surface area contributed by atoms with Crippen LogP contribution in [0.4, 0.5) is 17.2 Å². The van der Waals surface area contributed by atoms with Gasteiger partial charge in [-0.2, -0.15) is 10.2 Å². The predicted octanol–water partition coefficient (Wildman–Crippen LogP) is 9.65. The third kappa shape index (κ3) is 5.86. The first-order valence-corrected chi connectivity index (χ1v) is 18.2. The van der Waals surface area contributed by atoms with E-state index in [1.807, 2.05) is 24.3 Å². The third-order valence-electron chi connectivity index (χ3n) is 10.6. The number of rotatable bonds is 9. The molecule has 0 amide bonds. The molecule has 8 nitrogen and oxygen atoms in total. The Bertz CT molecular complexity index is 1910. The lowest BCUT2D eigenvalue weighted by Crippen LogP contribution is -2.57. The van der Waals surface area contributed by atoms with E-state index in [4.69, 9.17) is 19.7 Å². The van der Waals surface area contributed by atoms with Crippen molar-refractivity contribution in [2.75, 3.05) is 29.4 Å². The number of hydrazone groups is 1. The van der Waals surface area contributed by atoms with Crippen molar-refractivity contribution in [1.82, 2.24) is 9.78 Å². The van der Waals surface area contributed by atoms with E-state index in [0.717, 1.165) is 95.6 Å². The Hall–Kier alpha value is -5.24. The first kappa shape index (κ1) is 32.0. The van der Waals surface area contributed by atoms with Crippen molar-refractivity contribution < 1.29 is 9.47 Å². The number of aromatic nitrogens is 2. The molecule has 0 radical (unpaired) electrons. The molecule has 1 N–H and O–H groups in total. The lowest BCUT2D eigenvalue weighted by Gasteiger charge is -2.47. The van der Waals surface area contributed by atoms with Gasteiger partial charge in [0.2, 0.25) is 0 Å². The lowest BCUT2D eigenvalue weighted by atomic mass is 9.85. The van der Waals surface area contributed by atoms with Crippen molar-refractivity contribution in [3.8, 4) is 28.4 Å². The quantitative estimate of drug-likeness (QED) is 0.169. The predicted molar refractivity (Wildman–Crippen MR) is 203 cm³/mol. The Labute approximate surface area is 295 Å². The summed E-state index contributed by atoms with van der Waals surface area (Å²) < 4.78 is 13.3. The average molecular weight is 667 g/mol. The van der Waals surface area contributed by atoms with E-state index >= 15 is 0 Å². The van der Waals surface area contributed by atoms with Gasteiger partial charge in [0.1, 0.15) is 28.5 Å². The number of nitrogens with zero attached hydrogens (tertiary/aromatic N) is 5. The summed E-state index contributed by atoms with van der Waals surface area (Å²) >= 11 is 0. The van der Waals surface area contributed by atoms with Gasteiger partial charge < -0.3 is 14.8 Å². The maximum Gasteiger partial charge on any atom is 0.163 e. The van der Waals surface area contributed by atoms with E-state index in [-0.39, 0.29) is 0 Å². The number of benzene rings is 4. The number of ether oxygens (including phenoxy) is 2. The van der Waals surface area contributed by atoms with Crippen LogP contribution in [-0.4, -0.2) is 41.5 Å². The van der Waals surface area contributed by atoms with Crippen molar-refractivity contribution >= 4 is 23.0 Å². The Morgan fingerprint density at radius 1 is 0.640 bits per heavy atom. The molecular weight excluding hydrogens is 621 g/mol. The van der Waals surface area contributed by atoms with Crippen LogP contribution in [0.3, 0.4) is 0 Å². The molecule has 4 aromatic carbocycles. The van der Waals surface area contributed by atoms with Gasteiger partial charge in [0.15, 0.2) is 11.7 Å². The summed E-state index contributed by atoms with van der Waals surface area (Å²) in [5.41, 5.74) is 5.70. The molecule has 5 aromatic rings. The summed E-state index contributed by atoms with van der Waals surface area (Å²) in [5, 5.41) is 17.6. The van der Waals surface area contributed by atoms with E-state index in [1.54, 1.807) is 14.2 Å². The van der Waals surface area contributed by atoms with Gasteiger partial charge in [0.05, 0.1) is 25.6 Å². The molecule has 2 fully saturated rings. The number of hydrogen-bond acceptors (Lipinski definition) is 7. The molecule has 3 aliphatic rings. The van der Waals surface area contributed by atoms with Gasteiger partial charge in [-0.25, -0.2) is 9.69 Å². The smallest absolute Gasteiger partial charge is 0.163 e. The molecule has 1 aromatic heterocycles. The van der Waals surface area contributed by atoms with Crippen molar-refractivity contribution in [3.05, 3.63) is 115 Å². The highest BCUT2D eigenvalue weighted by molar-refractivity contribution is 6.16. The van der Waals surface area contributed by atoms with Crippen LogP contribution in [0.5, 0.6) is 11.5 Å². The molecule has 2 saturated carbocycles. The van der Waals surface area contributed by atoms with Crippen LogP contribution in [-0.2, 0) is 0 Å². The van der Waals surface area contributed by atoms with Gasteiger partial charge in [0, 0.05) is 17.2 Å². The molecule has 8 rings (SSSR count). The fourth-order valence-electron chi connectivity index (χ4n) is 8.08. The number of nitrogens with one attached hydrogen (secondary N) is 1. The van der Waals surface area contributed by atoms with E-state index < -0.39 is 5.66 Å². The minimum absolute atomic E-state index is 0.349. The van der Waals surface area contributed by atoms with Gasteiger partial charge in [0.25, 0.3) is 0 Å². The number of hydrogen-bond donors (Lipinski definition) is 1. The Balaban J connectivity index is 1.42. The van der Waals surface area contributed by atoms with Crippen molar-refractivity contribution in [2.24, 2.45) is 5.10 Å². The van der Waals surface area contributed by atoms with Crippen molar-refractivity contribution in [2.45, 2.75) is 75.9 Å². The van der Waals surface area contributed by atoms with E-state index in [0.29, 0.717) is 6.04 Å². The van der Waals surface area contributed by atoms with Crippen LogP contribution < -0.4 is 24.7 Å². The fraction of sp³-hybridized carbons (Fsp3) is 0.333. The SMILES string of the molecule is COc1ccc(C2=NN(c3ccccc3)C3(CCCCC3)N2c2c(-c3ccc(OC)cc3)nn(-c3ccccc3)c2NC2CCCCC2)cc1. The normalized spacial score (nSPS) is 17.5. The molecule has 256 valence electrons. The largest absolute Gasteiger partial charge is 0.497 e. The molecule has 0 bridgehead atoms. The van der Waals surface area contributed by atoms with Crippen LogP contribution in [0.1, 0.15) is 69.8 Å². The topological polar surface area (TPSA) is 67.1 Å². The zero-order valence-electron chi connectivity index (χ0n) is 29.1. The summed E-state index contributed by atoms with van der Waals surface area (Å²) in [6.45, 7) is 0. The molecule has 0 unspecified atom stereocenters. The molecular formula is C42H46N6O2. The summed E-state index contributed by atoms with van der Waals surface area (Å²) in [6.07, 6.45) is 11.4. The number of amidine groups is 1. The molecule has 2 heterocycles. The van der Waals surface area contributed by atoms with E-state index in [9.17, 15) is 0 Å². The summed E-state index contributed by atoms with van der Waals surface area (Å²) in [5.74, 6) is 3.56. The highest BCUT2D eigenvalue weighted by Crippen LogP contribution is 2.52. The number of para-hydroxylation sites is 2. The minimum atomic E-state index is -0.441. The first-order chi connectivity index (χ1) is 24.7. The van der Waals surface area contributed by atoms with Gasteiger partial charge in [-0.05, 0) is 111 Å². The van der Waals surface area contributed by atoms with Crippen LogP contribution in [0.2, 0.25) is 0 Å². The van der Waals surface area contributed by atoms with Crippen LogP contribution >= 0.6 is 0 Å². The van der Waals surface area contributed by atoms with Gasteiger partial charge in [-0.1, -0.05) is 62.1 Å². The zero-order chi connectivity index (χ0) is 33.9. The second kappa shape index (κ2) is 13.9. The van der Waals surface area contributed by atoms with Gasteiger partial charge in [-0.15, -0.1) is 0 Å². The second-order valence-electron chi connectivity index (χ2n) is 13.7. The van der Waals surface area contributed by atoms with E-state index in [1.165, 1.54) is 25.7 Å². The molecule has 1 spiro atoms. The monoisotopic (exact) mass is 666 g/mol. The summed E-state index contributed by atoms with van der Waals surface area (Å²) in [4.78, 5) is 2.55. The van der Waals surface area contributed by atoms with E-state index in [2.05, 4.69) is 105 Å². The fourth-order valence-corrected chi connectivity index (χ4v) is 8.08. The molecule has 2 aliphatic carbocycles. The maximum absolute atomic E-state index is 5.60. The standard InChI is InChI=1S/C42H46N6O2/c1-49-36-25-21-31(22-26-36)38-39(41(43-33-15-7-3-8-16-33)47(44-38)34-17-9-4-10-18-34)46-40(32-23-27-37(50-2)28-24-32)45-48(35-19-11-5-12-20-35)42(46)29-13-6-14-30-42/h4-5,9-12,17-28,33,43H,3,6-8,13-16,29-30H2,1-2H3. The minimum Gasteiger partial charge on any atom is -0.497 e. The Morgan fingerprint density at radius 3 is 1.80 bits per heavy atom. The van der Waals surface area contributed by atoms with Gasteiger partial charge in [-0.3, -0.25) is 4.90 Å². The lowest BCUT2D eigenvalue weighted by molar-refractivity contribution is 0.299. The highest BCUT2D eigenvalue weighted by atomic mass is 16.5. The molecule has 0 saturated heterocycles. The number of anilines is 3. The Kier molecular flexibility index (Phi) is 8.92. The van der Waals surface area contributed by atoms with Crippen LogP contribution in [0.25, 0.3) is 16.9 Å². The van der Waals surface area contributed by atoms with Gasteiger partial charge >= 0.3 is 0 Å². The zero-order valence-corrected chi connectivity index (χ0v) is 29.1. The maximum atomic E-state index is 5.60. The molecule has 50 heavy (non-hydrogen) atoms. The van der Waals surface area contributed by atoms with Crippen molar-refractivity contribution in [1.29, 1.82) is 0 Å². The third-order valence-corrected chi connectivity index (χ3v) is 10.6. The number of methoxy groups -OCH3 is 2. The first-order valence-electron chi connectivity index (χ1n) is 18.2. The Morgan fingerprint density at radius 2 is 1.20 bits per heavy atom. The highest BCUT2D eigenvalue weighted by Gasteiger charge is 2.53. The molecule has 8 heteroatoms. The molecule has 1 aliphatic heterocycles. The summed E-state index contributed by atoms with van der Waals surface area (Å²) in [7, 11) is 3.43. The molecule has 0 atom stereocenters. The average Bonchev–Trinajstić information content (AvgIpc) is 3.71. The van der Waals surface area contributed by atoms with Crippen LogP contribution in [0, 0.1) is 0 Å². The second-order valence-corrected chi connectivity index (χ2v) is 13.7. The summed E-state index contributed by atoms with van der Waals surface area (Å²) in [6, 6.07) is 38.3.